The van der Waals surface area contributed by atoms with Crippen LogP contribution in [0.3, 0.4) is 0 Å². The number of oxazole rings is 1. The van der Waals surface area contributed by atoms with Crippen molar-refractivity contribution in [3.63, 3.8) is 0 Å². The van der Waals surface area contributed by atoms with Gasteiger partial charge in [0.15, 0.2) is 0 Å². The van der Waals surface area contributed by atoms with Crippen LogP contribution >= 0.6 is 0 Å². The van der Waals surface area contributed by atoms with Gasteiger partial charge in [0.05, 0.1) is 12.7 Å². The lowest BCUT2D eigenvalue weighted by Gasteiger charge is -2.20. The topological polar surface area (TPSA) is 38.1 Å². The summed E-state index contributed by atoms with van der Waals surface area (Å²) in [5.74, 6) is 1.88. The monoisotopic (exact) mass is 236 g/mol. The van der Waals surface area contributed by atoms with Crippen molar-refractivity contribution in [2.24, 2.45) is 0 Å². The fourth-order valence-electron chi connectivity index (χ4n) is 2.41. The van der Waals surface area contributed by atoms with E-state index < -0.39 is 0 Å². The molecule has 0 spiro atoms. The zero-order valence-corrected chi connectivity index (χ0v) is 11.5. The molecule has 2 rings (SSSR count). The lowest BCUT2D eigenvalue weighted by molar-refractivity contribution is 0.327. The van der Waals surface area contributed by atoms with Gasteiger partial charge in [-0.15, -0.1) is 0 Å². The van der Waals surface area contributed by atoms with Gasteiger partial charge in [0.1, 0.15) is 5.76 Å². The molecule has 0 atom stereocenters. The first-order valence-electron chi connectivity index (χ1n) is 6.59. The average Bonchev–Trinajstić information content (AvgIpc) is 2.83. The van der Waals surface area contributed by atoms with Gasteiger partial charge >= 0.3 is 0 Å². The Morgan fingerprint density at radius 1 is 1.35 bits per heavy atom. The van der Waals surface area contributed by atoms with Crippen LogP contribution in [-0.4, -0.2) is 10.5 Å². The molecule has 1 N–H and O–H groups in total. The molecule has 3 nitrogen and oxygen atoms in total. The van der Waals surface area contributed by atoms with Gasteiger partial charge in [-0.3, -0.25) is 0 Å². The zero-order valence-electron chi connectivity index (χ0n) is 11.5. The molecule has 1 saturated carbocycles. The highest BCUT2D eigenvalue weighted by atomic mass is 16.4. The molecule has 17 heavy (non-hydrogen) atoms. The predicted octanol–water partition coefficient (Wildman–Crippen LogP) is 3.39. The number of hydrogen-bond donors (Lipinski definition) is 1. The molecular weight excluding hydrogens is 212 g/mol. The van der Waals surface area contributed by atoms with E-state index in [-0.39, 0.29) is 11.0 Å². The first-order chi connectivity index (χ1) is 7.89. The summed E-state index contributed by atoms with van der Waals surface area (Å²) in [7, 11) is 0. The Labute approximate surface area is 104 Å². The van der Waals surface area contributed by atoms with E-state index in [1.165, 1.54) is 25.7 Å². The third-order valence-electron chi connectivity index (χ3n) is 3.63. The molecular formula is C14H24N2O. The van der Waals surface area contributed by atoms with Gasteiger partial charge in [0.25, 0.3) is 0 Å². The molecule has 3 heteroatoms. The van der Waals surface area contributed by atoms with E-state index >= 15 is 0 Å². The zero-order chi connectivity index (χ0) is 12.5. The largest absolute Gasteiger partial charge is 0.444 e. The van der Waals surface area contributed by atoms with Crippen LogP contribution in [0.5, 0.6) is 0 Å². The quantitative estimate of drug-likeness (QED) is 0.874. The summed E-state index contributed by atoms with van der Waals surface area (Å²) in [5, 5.41) is 3.40. The van der Waals surface area contributed by atoms with E-state index in [4.69, 9.17) is 4.42 Å². The van der Waals surface area contributed by atoms with Crippen LogP contribution in [0.15, 0.2) is 10.6 Å². The summed E-state index contributed by atoms with van der Waals surface area (Å²) >= 11 is 0. The van der Waals surface area contributed by atoms with Crippen LogP contribution in [0.25, 0.3) is 0 Å². The van der Waals surface area contributed by atoms with Crippen molar-refractivity contribution in [2.75, 3.05) is 0 Å². The number of nitrogens with one attached hydrogen (secondary N) is 1. The minimum absolute atomic E-state index is 0.103. The van der Waals surface area contributed by atoms with Crippen molar-refractivity contribution >= 4 is 0 Å². The summed E-state index contributed by atoms with van der Waals surface area (Å²) in [6.45, 7) is 9.44. The van der Waals surface area contributed by atoms with E-state index in [0.717, 1.165) is 11.7 Å². The highest BCUT2D eigenvalue weighted by molar-refractivity contribution is 5.11. The number of hydrogen-bond acceptors (Lipinski definition) is 3. The van der Waals surface area contributed by atoms with Gasteiger partial charge < -0.3 is 9.73 Å². The predicted molar refractivity (Wildman–Crippen MR) is 68.9 cm³/mol. The molecule has 96 valence electrons. The molecule has 1 aromatic rings. The molecule has 1 aromatic heterocycles. The van der Waals surface area contributed by atoms with Gasteiger partial charge in [-0.2, -0.15) is 0 Å². The number of aromatic nitrogens is 1. The molecule has 0 unspecified atom stereocenters. The average molecular weight is 236 g/mol. The van der Waals surface area contributed by atoms with Gasteiger partial charge in [-0.25, -0.2) is 4.98 Å². The van der Waals surface area contributed by atoms with Crippen molar-refractivity contribution < 1.29 is 4.42 Å². The minimum Gasteiger partial charge on any atom is -0.444 e. The lowest BCUT2D eigenvalue weighted by atomic mass is 9.87. The highest BCUT2D eigenvalue weighted by Crippen LogP contribution is 2.40. The maximum Gasteiger partial charge on any atom is 0.208 e. The standard InChI is InChI=1S/C14H24N2O/c1-13(2,3)16-10-12-15-9-11(17-12)14(4)7-5-6-8-14/h9,16H,5-8,10H2,1-4H3. The summed E-state index contributed by atoms with van der Waals surface area (Å²) in [6, 6.07) is 0. The molecule has 0 bridgehead atoms. The summed E-state index contributed by atoms with van der Waals surface area (Å²) in [6.07, 6.45) is 7.01. The summed E-state index contributed by atoms with van der Waals surface area (Å²) in [4.78, 5) is 4.38. The second-order valence-electron chi connectivity index (χ2n) is 6.49. The van der Waals surface area contributed by atoms with Crippen molar-refractivity contribution in [2.45, 2.75) is 70.9 Å². The normalized spacial score (nSPS) is 19.8. The fourth-order valence-corrected chi connectivity index (χ4v) is 2.41. The van der Waals surface area contributed by atoms with Gasteiger partial charge in [-0.1, -0.05) is 19.8 Å². The fraction of sp³-hybridized carbons (Fsp3) is 0.786. The van der Waals surface area contributed by atoms with Crippen molar-refractivity contribution in [1.82, 2.24) is 10.3 Å². The lowest BCUT2D eigenvalue weighted by Crippen LogP contribution is -2.35. The van der Waals surface area contributed by atoms with Gasteiger partial charge in [-0.05, 0) is 33.6 Å². The first-order valence-corrected chi connectivity index (χ1v) is 6.59. The Morgan fingerprint density at radius 3 is 2.59 bits per heavy atom. The van der Waals surface area contributed by atoms with Crippen molar-refractivity contribution in [1.29, 1.82) is 0 Å². The van der Waals surface area contributed by atoms with E-state index in [1.54, 1.807) is 0 Å². The Morgan fingerprint density at radius 2 is 2.00 bits per heavy atom. The highest BCUT2D eigenvalue weighted by Gasteiger charge is 2.34. The number of rotatable bonds is 3. The third-order valence-corrected chi connectivity index (χ3v) is 3.63. The molecule has 1 fully saturated rings. The SMILES string of the molecule is CC(C)(C)NCc1ncc(C2(C)CCCC2)o1. The van der Waals surface area contributed by atoms with Crippen LogP contribution in [0.2, 0.25) is 0 Å². The number of nitrogens with zero attached hydrogens (tertiary/aromatic N) is 1. The van der Waals surface area contributed by atoms with Crippen LogP contribution in [0, 0.1) is 0 Å². The van der Waals surface area contributed by atoms with Crippen molar-refractivity contribution in [3.8, 4) is 0 Å². The molecule has 0 radical (unpaired) electrons. The molecule has 1 heterocycles. The van der Waals surface area contributed by atoms with Crippen LogP contribution in [0.1, 0.15) is 65.0 Å². The third kappa shape index (κ3) is 3.09. The van der Waals surface area contributed by atoms with E-state index in [0.29, 0.717) is 6.54 Å². The maximum atomic E-state index is 5.89. The van der Waals surface area contributed by atoms with Crippen molar-refractivity contribution in [3.05, 3.63) is 17.8 Å². The first kappa shape index (κ1) is 12.6. The van der Waals surface area contributed by atoms with E-state index in [1.807, 2.05) is 6.20 Å². The smallest absolute Gasteiger partial charge is 0.208 e. The molecule has 0 saturated heterocycles. The second kappa shape index (κ2) is 4.45. The molecule has 1 aliphatic carbocycles. The van der Waals surface area contributed by atoms with Crippen LogP contribution in [0.4, 0.5) is 0 Å². The van der Waals surface area contributed by atoms with Gasteiger partial charge in [0.2, 0.25) is 5.89 Å². The molecule has 1 aliphatic rings. The van der Waals surface area contributed by atoms with E-state index in [2.05, 4.69) is 38.0 Å². The van der Waals surface area contributed by atoms with Crippen LogP contribution < -0.4 is 5.32 Å². The Balaban J connectivity index is 2.01. The van der Waals surface area contributed by atoms with E-state index in [9.17, 15) is 0 Å². The Hall–Kier alpha value is -0.830. The second-order valence-corrected chi connectivity index (χ2v) is 6.49. The Bertz CT molecular complexity index is 370. The van der Waals surface area contributed by atoms with Crippen LogP contribution in [-0.2, 0) is 12.0 Å². The van der Waals surface area contributed by atoms with Gasteiger partial charge in [0, 0.05) is 11.0 Å². The minimum atomic E-state index is 0.103. The summed E-state index contributed by atoms with van der Waals surface area (Å²) < 4.78 is 5.89. The summed E-state index contributed by atoms with van der Waals surface area (Å²) in [5.41, 5.74) is 0.332. The molecule has 0 amide bonds. The molecule has 0 aliphatic heterocycles. The molecule has 0 aromatic carbocycles. The maximum absolute atomic E-state index is 5.89. The Kier molecular flexibility index (Phi) is 3.30.